The first-order valence-electron chi connectivity index (χ1n) is 8.61. The summed E-state index contributed by atoms with van der Waals surface area (Å²) >= 11 is 3.56. The summed E-state index contributed by atoms with van der Waals surface area (Å²) in [6.07, 6.45) is 3.08. The molecule has 3 aromatic rings. The number of fused-ring (bicyclic) bond motifs is 3. The zero-order chi connectivity index (χ0) is 17.2. The van der Waals surface area contributed by atoms with Crippen LogP contribution in [0.5, 0.6) is 0 Å². The van der Waals surface area contributed by atoms with Gasteiger partial charge >= 0.3 is 0 Å². The molecule has 0 spiro atoms. The van der Waals surface area contributed by atoms with Gasteiger partial charge in [-0.2, -0.15) is 0 Å². The molecule has 0 bridgehead atoms. The molecule has 2 N–H and O–H groups in total. The number of anilines is 1. The molecule has 0 amide bonds. The molecule has 130 valence electrons. The summed E-state index contributed by atoms with van der Waals surface area (Å²) in [7, 11) is 0. The van der Waals surface area contributed by atoms with Crippen LogP contribution in [0.25, 0.3) is 10.2 Å². The third kappa shape index (κ3) is 3.66. The Morgan fingerprint density at radius 2 is 2.08 bits per heavy atom. The molecule has 4 nitrogen and oxygen atoms in total. The van der Waals surface area contributed by atoms with Gasteiger partial charge in [0.05, 0.1) is 17.2 Å². The van der Waals surface area contributed by atoms with Crippen LogP contribution < -0.4 is 5.32 Å². The van der Waals surface area contributed by atoms with Gasteiger partial charge < -0.3 is 10.4 Å². The van der Waals surface area contributed by atoms with Crippen LogP contribution in [-0.4, -0.2) is 27.7 Å². The Hall–Kier alpha value is -1.63. The zero-order valence-corrected chi connectivity index (χ0v) is 15.8. The number of hydrogen-bond acceptors (Lipinski definition) is 6. The first-order valence-corrected chi connectivity index (χ1v) is 10.4. The molecule has 1 aliphatic rings. The fourth-order valence-electron chi connectivity index (χ4n) is 3.14. The van der Waals surface area contributed by atoms with E-state index in [0.717, 1.165) is 35.1 Å². The first-order chi connectivity index (χ1) is 12.2. The van der Waals surface area contributed by atoms with Crippen molar-refractivity contribution in [2.45, 2.75) is 42.9 Å². The Balaban J connectivity index is 1.65. The molecule has 2 aromatic heterocycles. The highest BCUT2D eigenvalue weighted by Gasteiger charge is 2.22. The normalized spacial score (nSPS) is 14.6. The average molecular weight is 372 g/mol. The molecule has 0 unspecified atom stereocenters. The van der Waals surface area contributed by atoms with Gasteiger partial charge in [-0.25, -0.2) is 9.97 Å². The summed E-state index contributed by atoms with van der Waals surface area (Å²) in [6, 6.07) is 10.3. The molecule has 0 saturated heterocycles. The summed E-state index contributed by atoms with van der Waals surface area (Å²) < 4.78 is 0. The number of rotatable bonds is 6. The lowest BCUT2D eigenvalue weighted by Crippen LogP contribution is -2.17. The topological polar surface area (TPSA) is 58.0 Å². The van der Waals surface area contributed by atoms with Crippen molar-refractivity contribution in [2.75, 3.05) is 11.9 Å². The number of thioether (sulfide) groups is 1. The Kier molecular flexibility index (Phi) is 4.92. The molecule has 4 rings (SSSR count). The molecule has 1 aromatic carbocycles. The van der Waals surface area contributed by atoms with Crippen LogP contribution in [0.15, 0.2) is 35.2 Å². The highest BCUT2D eigenvalue weighted by atomic mass is 32.2. The predicted molar refractivity (Wildman–Crippen MR) is 106 cm³/mol. The fourth-order valence-corrected chi connectivity index (χ4v) is 5.20. The maximum Gasteiger partial charge on any atom is 0.142 e. The van der Waals surface area contributed by atoms with Crippen molar-refractivity contribution in [3.63, 3.8) is 0 Å². The van der Waals surface area contributed by atoms with Gasteiger partial charge in [-0.1, -0.05) is 18.2 Å². The Bertz CT molecular complexity index is 877. The number of nitrogens with zero attached hydrogens (tertiary/aromatic N) is 2. The fraction of sp³-hybridized carbons (Fsp3) is 0.368. The van der Waals surface area contributed by atoms with Crippen LogP contribution in [0.3, 0.4) is 0 Å². The van der Waals surface area contributed by atoms with Gasteiger partial charge in [0.1, 0.15) is 16.5 Å². The van der Waals surface area contributed by atoms with Gasteiger partial charge in [-0.15, -0.1) is 23.1 Å². The summed E-state index contributed by atoms with van der Waals surface area (Å²) in [6.45, 7) is 2.29. The van der Waals surface area contributed by atoms with E-state index in [2.05, 4.69) is 17.4 Å². The largest absolute Gasteiger partial charge is 0.392 e. The van der Waals surface area contributed by atoms with Gasteiger partial charge in [-0.3, -0.25) is 0 Å². The number of aliphatic hydroxyl groups excluding tert-OH is 1. The molecule has 25 heavy (non-hydrogen) atoms. The first kappa shape index (κ1) is 16.8. The second-order valence-corrected chi connectivity index (χ2v) is 8.49. The Morgan fingerprint density at radius 1 is 1.24 bits per heavy atom. The van der Waals surface area contributed by atoms with Crippen molar-refractivity contribution in [1.29, 1.82) is 0 Å². The van der Waals surface area contributed by atoms with Crippen molar-refractivity contribution in [3.8, 4) is 0 Å². The summed E-state index contributed by atoms with van der Waals surface area (Å²) in [5.41, 5.74) is 1.41. The average Bonchev–Trinajstić information content (AvgIpc) is 3.19. The van der Waals surface area contributed by atoms with Crippen molar-refractivity contribution < 1.29 is 5.11 Å². The monoisotopic (exact) mass is 371 g/mol. The number of nitrogens with one attached hydrogen (secondary N) is 1. The van der Waals surface area contributed by atoms with E-state index in [1.54, 1.807) is 18.7 Å². The van der Waals surface area contributed by atoms with Crippen LogP contribution in [0, 0.1) is 0 Å². The Morgan fingerprint density at radius 3 is 2.88 bits per heavy atom. The number of benzene rings is 1. The highest BCUT2D eigenvalue weighted by molar-refractivity contribution is 7.98. The number of thiophene rings is 1. The zero-order valence-electron chi connectivity index (χ0n) is 14.2. The van der Waals surface area contributed by atoms with E-state index in [4.69, 9.17) is 9.97 Å². The molecule has 0 radical (unpaired) electrons. The van der Waals surface area contributed by atoms with Gasteiger partial charge in [-0.05, 0) is 43.9 Å². The SMILES string of the molecule is C[C@H](O)CNc1nc(CSc2ccccc2)nc2sc3c(c12)CCC3. The quantitative estimate of drug-likeness (QED) is 0.634. The number of aryl methyl sites for hydroxylation is 2. The Labute approximate surface area is 155 Å². The van der Waals surface area contributed by atoms with E-state index in [9.17, 15) is 5.11 Å². The number of hydrogen-bond donors (Lipinski definition) is 2. The second kappa shape index (κ2) is 7.32. The van der Waals surface area contributed by atoms with Crippen molar-refractivity contribution >= 4 is 39.1 Å². The van der Waals surface area contributed by atoms with Crippen LogP contribution in [0.1, 0.15) is 29.6 Å². The molecule has 0 aliphatic heterocycles. The smallest absolute Gasteiger partial charge is 0.142 e. The number of aliphatic hydroxyl groups is 1. The second-order valence-electron chi connectivity index (χ2n) is 6.36. The maximum atomic E-state index is 9.64. The van der Waals surface area contributed by atoms with E-state index >= 15 is 0 Å². The van der Waals surface area contributed by atoms with E-state index in [1.807, 2.05) is 29.5 Å². The highest BCUT2D eigenvalue weighted by Crippen LogP contribution is 2.39. The minimum atomic E-state index is -0.404. The van der Waals surface area contributed by atoms with Gasteiger partial charge in [0, 0.05) is 16.3 Å². The minimum absolute atomic E-state index is 0.404. The standard InChI is InChI=1S/C19H21N3OS2/c1-12(23)10-20-18-17-14-8-5-9-15(14)25-19(17)22-16(21-18)11-24-13-6-3-2-4-7-13/h2-4,6-7,12,23H,5,8-11H2,1H3,(H,20,21,22)/t12-/m0/s1. The molecule has 1 atom stereocenters. The molecule has 0 saturated carbocycles. The van der Waals surface area contributed by atoms with E-state index < -0.39 is 6.10 Å². The van der Waals surface area contributed by atoms with Crippen LogP contribution >= 0.6 is 23.1 Å². The molecule has 2 heterocycles. The molecular weight excluding hydrogens is 350 g/mol. The molecule has 1 aliphatic carbocycles. The third-order valence-corrected chi connectivity index (χ3v) is 6.48. The van der Waals surface area contributed by atoms with Crippen molar-refractivity contribution in [1.82, 2.24) is 9.97 Å². The molecule has 0 fully saturated rings. The molecule has 6 heteroatoms. The lowest BCUT2D eigenvalue weighted by Gasteiger charge is -2.11. The lowest BCUT2D eigenvalue weighted by molar-refractivity contribution is 0.208. The molecular formula is C19H21N3OS2. The van der Waals surface area contributed by atoms with Gasteiger partial charge in [0.15, 0.2) is 0 Å². The lowest BCUT2D eigenvalue weighted by atomic mass is 10.2. The predicted octanol–water partition coefficient (Wildman–Crippen LogP) is 4.27. The van der Waals surface area contributed by atoms with E-state index in [-0.39, 0.29) is 0 Å². The van der Waals surface area contributed by atoms with Crippen LogP contribution in [0.4, 0.5) is 5.82 Å². The van der Waals surface area contributed by atoms with Gasteiger partial charge in [0.2, 0.25) is 0 Å². The summed E-state index contributed by atoms with van der Waals surface area (Å²) in [5, 5.41) is 14.2. The van der Waals surface area contributed by atoms with Crippen LogP contribution in [0.2, 0.25) is 0 Å². The van der Waals surface area contributed by atoms with Gasteiger partial charge in [0.25, 0.3) is 0 Å². The van der Waals surface area contributed by atoms with Crippen molar-refractivity contribution in [3.05, 3.63) is 46.6 Å². The van der Waals surface area contributed by atoms with E-state index in [1.165, 1.54) is 27.1 Å². The minimum Gasteiger partial charge on any atom is -0.392 e. The maximum absolute atomic E-state index is 9.64. The summed E-state index contributed by atoms with van der Waals surface area (Å²) in [5.74, 6) is 2.47. The van der Waals surface area contributed by atoms with Crippen LogP contribution in [-0.2, 0) is 18.6 Å². The number of aromatic nitrogens is 2. The third-order valence-electron chi connectivity index (χ3n) is 4.29. The van der Waals surface area contributed by atoms with E-state index in [0.29, 0.717) is 6.54 Å². The van der Waals surface area contributed by atoms with Crippen molar-refractivity contribution in [2.24, 2.45) is 0 Å². The summed E-state index contributed by atoms with van der Waals surface area (Å²) in [4.78, 5) is 13.4.